The van der Waals surface area contributed by atoms with E-state index in [-0.39, 0.29) is 29.9 Å². The Bertz CT molecular complexity index is 393. The molecular weight excluding hydrogens is 453 g/mol. The number of guanidine groups is 1. The van der Waals surface area contributed by atoms with Gasteiger partial charge in [0.05, 0.1) is 19.7 Å². The minimum absolute atomic E-state index is 0. The zero-order valence-corrected chi connectivity index (χ0v) is 19.1. The van der Waals surface area contributed by atoms with Crippen LogP contribution in [0.5, 0.6) is 0 Å². The first-order chi connectivity index (χ1) is 11.6. The Kier molecular flexibility index (Phi) is 14.7. The Hall–Kier alpha value is -0.260. The molecule has 1 fully saturated rings. The van der Waals surface area contributed by atoms with Gasteiger partial charge in [-0.2, -0.15) is 11.8 Å². The number of hydrogen-bond acceptors (Lipinski definition) is 5. The van der Waals surface area contributed by atoms with Crippen molar-refractivity contribution in [1.29, 1.82) is 0 Å². The summed E-state index contributed by atoms with van der Waals surface area (Å²) >= 11 is 1.83. The van der Waals surface area contributed by atoms with Crippen LogP contribution < -0.4 is 10.6 Å². The molecule has 1 amide bonds. The van der Waals surface area contributed by atoms with Gasteiger partial charge in [-0.15, -0.1) is 24.0 Å². The van der Waals surface area contributed by atoms with Crippen LogP contribution >= 0.6 is 35.7 Å². The third kappa shape index (κ3) is 10.5. The van der Waals surface area contributed by atoms with Crippen molar-refractivity contribution < 1.29 is 9.53 Å². The first-order valence-electron chi connectivity index (χ1n) is 8.64. The van der Waals surface area contributed by atoms with Crippen LogP contribution in [0, 0.1) is 0 Å². The summed E-state index contributed by atoms with van der Waals surface area (Å²) in [5.74, 6) is 1.05. The summed E-state index contributed by atoms with van der Waals surface area (Å²) in [5, 5.41) is 6.77. The highest BCUT2D eigenvalue weighted by Crippen LogP contribution is 2.07. The minimum Gasteiger partial charge on any atom is -0.383 e. The molecular formula is C16H34IN5O2S. The molecule has 1 unspecified atom stereocenters. The summed E-state index contributed by atoms with van der Waals surface area (Å²) < 4.78 is 4.94. The van der Waals surface area contributed by atoms with Gasteiger partial charge in [-0.1, -0.05) is 6.92 Å². The maximum absolute atomic E-state index is 11.9. The fraction of sp³-hybridized carbons (Fsp3) is 0.875. The minimum atomic E-state index is 0. The Morgan fingerprint density at radius 2 is 1.96 bits per heavy atom. The van der Waals surface area contributed by atoms with Crippen LogP contribution in [0.3, 0.4) is 0 Å². The van der Waals surface area contributed by atoms with Crippen molar-refractivity contribution >= 4 is 47.6 Å². The Morgan fingerprint density at radius 3 is 2.52 bits per heavy atom. The van der Waals surface area contributed by atoms with Crippen molar-refractivity contribution in [2.45, 2.75) is 19.1 Å². The third-order valence-corrected chi connectivity index (χ3v) is 4.86. The molecule has 1 rings (SSSR count). The third-order valence-electron chi connectivity index (χ3n) is 3.90. The molecule has 1 aliphatic heterocycles. The quantitative estimate of drug-likeness (QED) is 0.216. The molecule has 0 aromatic heterocycles. The number of halogens is 1. The molecule has 0 saturated carbocycles. The van der Waals surface area contributed by atoms with Crippen LogP contribution in [-0.4, -0.2) is 99.2 Å². The SMILES string of the molecule is CCNC(=NCC(C)SC)N1CCN(CC(=O)NCCOC)CC1.I. The van der Waals surface area contributed by atoms with Crippen molar-refractivity contribution in [2.75, 3.05) is 72.3 Å². The van der Waals surface area contributed by atoms with E-state index in [4.69, 9.17) is 9.73 Å². The maximum Gasteiger partial charge on any atom is 0.234 e. The lowest BCUT2D eigenvalue weighted by atomic mass is 10.3. The predicted octanol–water partition coefficient (Wildman–Crippen LogP) is 0.702. The van der Waals surface area contributed by atoms with Gasteiger partial charge in [0.15, 0.2) is 5.96 Å². The number of carbonyl (C=O) groups is 1. The van der Waals surface area contributed by atoms with Crippen molar-refractivity contribution in [3.63, 3.8) is 0 Å². The molecule has 7 nitrogen and oxygen atoms in total. The number of nitrogens with zero attached hydrogens (tertiary/aromatic N) is 3. The number of rotatable bonds is 9. The van der Waals surface area contributed by atoms with Gasteiger partial charge in [0.2, 0.25) is 5.91 Å². The molecule has 1 atom stereocenters. The first-order valence-corrected chi connectivity index (χ1v) is 9.93. The molecule has 0 bridgehead atoms. The van der Waals surface area contributed by atoms with Crippen molar-refractivity contribution in [3.05, 3.63) is 0 Å². The predicted molar refractivity (Wildman–Crippen MR) is 117 cm³/mol. The Labute approximate surface area is 173 Å². The molecule has 0 aromatic carbocycles. The van der Waals surface area contributed by atoms with Gasteiger partial charge in [0.25, 0.3) is 0 Å². The van der Waals surface area contributed by atoms with E-state index in [0.29, 0.717) is 24.9 Å². The van der Waals surface area contributed by atoms with E-state index in [9.17, 15) is 4.79 Å². The second-order valence-electron chi connectivity index (χ2n) is 5.85. The first kappa shape index (κ1) is 24.7. The highest BCUT2D eigenvalue weighted by atomic mass is 127. The van der Waals surface area contributed by atoms with E-state index in [1.807, 2.05) is 11.8 Å². The van der Waals surface area contributed by atoms with Gasteiger partial charge in [-0.3, -0.25) is 14.7 Å². The lowest BCUT2D eigenvalue weighted by Crippen LogP contribution is -2.54. The number of ether oxygens (including phenoxy) is 1. The smallest absolute Gasteiger partial charge is 0.234 e. The van der Waals surface area contributed by atoms with Crippen molar-refractivity contribution in [3.8, 4) is 0 Å². The lowest BCUT2D eigenvalue weighted by molar-refractivity contribution is -0.122. The highest BCUT2D eigenvalue weighted by molar-refractivity contribution is 14.0. The summed E-state index contributed by atoms with van der Waals surface area (Å²) in [5.41, 5.74) is 0. The fourth-order valence-electron chi connectivity index (χ4n) is 2.38. The van der Waals surface area contributed by atoms with Gasteiger partial charge in [0, 0.05) is 51.6 Å². The molecule has 0 spiro atoms. The Balaban J connectivity index is 0.00000576. The van der Waals surface area contributed by atoms with E-state index < -0.39 is 0 Å². The summed E-state index contributed by atoms with van der Waals surface area (Å²) in [6.07, 6.45) is 2.11. The normalized spacial score (nSPS) is 17.0. The van der Waals surface area contributed by atoms with Crippen LogP contribution in [0.4, 0.5) is 0 Å². The van der Waals surface area contributed by atoms with Gasteiger partial charge in [0.1, 0.15) is 0 Å². The molecule has 1 aliphatic rings. The van der Waals surface area contributed by atoms with E-state index in [0.717, 1.165) is 45.2 Å². The number of amides is 1. The van der Waals surface area contributed by atoms with Crippen LogP contribution in [0.1, 0.15) is 13.8 Å². The van der Waals surface area contributed by atoms with Crippen LogP contribution in [-0.2, 0) is 9.53 Å². The summed E-state index contributed by atoms with van der Waals surface area (Å²) in [6.45, 7) is 11.1. The number of piperazine rings is 1. The average molecular weight is 487 g/mol. The molecule has 9 heteroatoms. The van der Waals surface area contributed by atoms with E-state index in [2.05, 4.69) is 40.5 Å². The number of methoxy groups -OCH3 is 1. The molecule has 1 heterocycles. The Morgan fingerprint density at radius 1 is 1.28 bits per heavy atom. The number of thioether (sulfide) groups is 1. The lowest BCUT2D eigenvalue weighted by Gasteiger charge is -2.36. The largest absolute Gasteiger partial charge is 0.383 e. The number of aliphatic imine (C=N–C) groups is 1. The van der Waals surface area contributed by atoms with Crippen LogP contribution in [0.2, 0.25) is 0 Å². The van der Waals surface area contributed by atoms with Gasteiger partial charge in [-0.25, -0.2) is 0 Å². The molecule has 148 valence electrons. The van der Waals surface area contributed by atoms with Crippen LogP contribution in [0.25, 0.3) is 0 Å². The van der Waals surface area contributed by atoms with E-state index in [1.54, 1.807) is 7.11 Å². The van der Waals surface area contributed by atoms with Crippen molar-refractivity contribution in [2.24, 2.45) is 4.99 Å². The fourth-order valence-corrected chi connectivity index (χ4v) is 2.61. The van der Waals surface area contributed by atoms with Gasteiger partial charge >= 0.3 is 0 Å². The number of carbonyl (C=O) groups excluding carboxylic acids is 1. The van der Waals surface area contributed by atoms with Gasteiger partial charge < -0.3 is 20.3 Å². The van der Waals surface area contributed by atoms with Crippen LogP contribution in [0.15, 0.2) is 4.99 Å². The summed E-state index contributed by atoms with van der Waals surface area (Å²) in [4.78, 5) is 21.1. The maximum atomic E-state index is 11.9. The summed E-state index contributed by atoms with van der Waals surface area (Å²) in [7, 11) is 1.63. The molecule has 2 N–H and O–H groups in total. The highest BCUT2D eigenvalue weighted by Gasteiger charge is 2.21. The molecule has 25 heavy (non-hydrogen) atoms. The number of hydrogen-bond donors (Lipinski definition) is 2. The second-order valence-corrected chi connectivity index (χ2v) is 7.12. The van der Waals surface area contributed by atoms with E-state index in [1.165, 1.54) is 0 Å². The topological polar surface area (TPSA) is 69.2 Å². The second kappa shape index (κ2) is 14.9. The number of nitrogens with one attached hydrogen (secondary N) is 2. The average Bonchev–Trinajstić information content (AvgIpc) is 2.59. The monoisotopic (exact) mass is 487 g/mol. The molecule has 0 radical (unpaired) electrons. The molecule has 1 saturated heterocycles. The summed E-state index contributed by atoms with van der Waals surface area (Å²) in [6, 6.07) is 0. The van der Waals surface area contributed by atoms with E-state index >= 15 is 0 Å². The van der Waals surface area contributed by atoms with Crippen molar-refractivity contribution in [1.82, 2.24) is 20.4 Å². The zero-order valence-electron chi connectivity index (χ0n) is 15.9. The standard InChI is InChI=1S/C16H33N5O2S.HI/c1-5-17-16(19-12-14(2)24-4)21-9-7-20(8-10-21)13-15(22)18-6-11-23-3;/h14H,5-13H2,1-4H3,(H,17,19)(H,18,22);1H. The molecule has 0 aliphatic carbocycles. The zero-order chi connectivity index (χ0) is 17.8. The van der Waals surface area contributed by atoms with Gasteiger partial charge in [-0.05, 0) is 13.2 Å². The molecule has 0 aromatic rings.